The Morgan fingerprint density at radius 1 is 1.35 bits per heavy atom. The molecule has 2 unspecified atom stereocenters. The Balaban J connectivity index is 3.04. The predicted octanol–water partition coefficient (Wildman–Crippen LogP) is 2.76. The maximum Gasteiger partial charge on any atom is 0.314 e. The third kappa shape index (κ3) is 2.65. The monoisotopic (exact) mass is 242 g/mol. The summed E-state index contributed by atoms with van der Waals surface area (Å²) in [6.45, 7) is 10.0. The van der Waals surface area contributed by atoms with Gasteiger partial charge in [0.15, 0.2) is 0 Å². The van der Waals surface area contributed by atoms with Crippen LogP contribution >= 0.6 is 0 Å². The van der Waals surface area contributed by atoms with E-state index in [2.05, 4.69) is 20.8 Å². The first kappa shape index (κ1) is 14.5. The van der Waals surface area contributed by atoms with E-state index in [9.17, 15) is 9.90 Å². The molecule has 1 aliphatic carbocycles. The number of hydrogen-bond donors (Lipinski definition) is 1. The SMILES string of the molecule is COC(=O)C(C)(C)C1(O)CC(C)CC(C)(C)C1. The minimum Gasteiger partial charge on any atom is -0.469 e. The predicted molar refractivity (Wildman–Crippen MR) is 67.5 cm³/mol. The molecule has 0 aromatic rings. The summed E-state index contributed by atoms with van der Waals surface area (Å²) in [5.74, 6) is 0.0950. The van der Waals surface area contributed by atoms with Crippen LogP contribution in [0.2, 0.25) is 0 Å². The summed E-state index contributed by atoms with van der Waals surface area (Å²) < 4.78 is 4.84. The zero-order chi connectivity index (χ0) is 13.5. The van der Waals surface area contributed by atoms with E-state index in [0.29, 0.717) is 18.8 Å². The molecule has 1 aliphatic rings. The average molecular weight is 242 g/mol. The van der Waals surface area contributed by atoms with Gasteiger partial charge in [0.1, 0.15) is 0 Å². The van der Waals surface area contributed by atoms with E-state index >= 15 is 0 Å². The van der Waals surface area contributed by atoms with Crippen molar-refractivity contribution in [1.82, 2.24) is 0 Å². The summed E-state index contributed by atoms with van der Waals surface area (Å²) in [5, 5.41) is 10.9. The van der Waals surface area contributed by atoms with E-state index in [0.717, 1.165) is 6.42 Å². The summed E-state index contributed by atoms with van der Waals surface area (Å²) in [5.41, 5.74) is -1.76. The van der Waals surface area contributed by atoms with E-state index in [-0.39, 0.29) is 11.4 Å². The van der Waals surface area contributed by atoms with Crippen LogP contribution in [0.3, 0.4) is 0 Å². The zero-order valence-electron chi connectivity index (χ0n) is 12.0. The number of ether oxygens (including phenoxy) is 1. The van der Waals surface area contributed by atoms with Gasteiger partial charge in [-0.15, -0.1) is 0 Å². The third-order valence-corrected chi connectivity index (χ3v) is 4.22. The van der Waals surface area contributed by atoms with Crippen LogP contribution in [0.25, 0.3) is 0 Å². The molecular weight excluding hydrogens is 216 g/mol. The summed E-state index contributed by atoms with van der Waals surface area (Å²) in [6, 6.07) is 0. The minimum absolute atomic E-state index is 0.0672. The van der Waals surface area contributed by atoms with Crippen molar-refractivity contribution in [3.63, 3.8) is 0 Å². The second kappa shape index (κ2) is 4.27. The van der Waals surface area contributed by atoms with E-state index < -0.39 is 11.0 Å². The maximum atomic E-state index is 11.9. The average Bonchev–Trinajstić information content (AvgIpc) is 2.12. The number of esters is 1. The van der Waals surface area contributed by atoms with Gasteiger partial charge in [-0.1, -0.05) is 20.8 Å². The van der Waals surface area contributed by atoms with E-state index in [4.69, 9.17) is 4.74 Å². The van der Waals surface area contributed by atoms with Gasteiger partial charge in [0.25, 0.3) is 0 Å². The molecule has 100 valence electrons. The number of hydrogen-bond acceptors (Lipinski definition) is 3. The van der Waals surface area contributed by atoms with Gasteiger partial charge in [-0.25, -0.2) is 0 Å². The topological polar surface area (TPSA) is 46.5 Å². The van der Waals surface area contributed by atoms with Crippen LogP contribution in [-0.4, -0.2) is 23.8 Å². The van der Waals surface area contributed by atoms with Crippen LogP contribution in [0, 0.1) is 16.7 Å². The molecule has 3 heteroatoms. The normalized spacial score (nSPS) is 33.2. The van der Waals surface area contributed by atoms with E-state index in [1.807, 2.05) is 0 Å². The highest BCUT2D eigenvalue weighted by Gasteiger charge is 2.54. The fourth-order valence-electron chi connectivity index (χ4n) is 3.45. The molecule has 1 rings (SSSR count). The molecule has 1 N–H and O–H groups in total. The second-order valence-electron chi connectivity index (χ2n) is 7.00. The molecule has 3 nitrogen and oxygen atoms in total. The summed E-state index contributed by atoms with van der Waals surface area (Å²) in [6.07, 6.45) is 2.40. The molecular formula is C14H26O3. The van der Waals surface area contributed by atoms with Gasteiger partial charge in [-0.2, -0.15) is 0 Å². The molecule has 0 aromatic heterocycles. The molecule has 0 radical (unpaired) electrons. The number of methoxy groups -OCH3 is 1. The number of rotatable bonds is 2. The summed E-state index contributed by atoms with van der Waals surface area (Å²) in [4.78, 5) is 11.9. The molecule has 0 aromatic carbocycles. The fourth-order valence-corrected chi connectivity index (χ4v) is 3.45. The van der Waals surface area contributed by atoms with Crippen molar-refractivity contribution in [2.45, 2.75) is 59.5 Å². The van der Waals surface area contributed by atoms with Crippen molar-refractivity contribution >= 4 is 5.97 Å². The molecule has 0 spiro atoms. The van der Waals surface area contributed by atoms with E-state index in [1.165, 1.54) is 7.11 Å². The van der Waals surface area contributed by atoms with Crippen LogP contribution in [0.1, 0.15) is 53.9 Å². The van der Waals surface area contributed by atoms with Gasteiger partial charge in [-0.05, 0) is 44.4 Å². The first-order valence-electron chi connectivity index (χ1n) is 6.35. The summed E-state index contributed by atoms with van der Waals surface area (Å²) >= 11 is 0. The number of carbonyl (C=O) groups excluding carboxylic acids is 1. The summed E-state index contributed by atoms with van der Waals surface area (Å²) in [7, 11) is 1.38. The molecule has 0 heterocycles. The Morgan fingerprint density at radius 2 is 1.88 bits per heavy atom. The molecule has 0 aliphatic heterocycles. The second-order valence-corrected chi connectivity index (χ2v) is 7.00. The Morgan fingerprint density at radius 3 is 2.29 bits per heavy atom. The highest BCUT2D eigenvalue weighted by Crippen LogP contribution is 2.51. The molecule has 1 saturated carbocycles. The van der Waals surface area contributed by atoms with Crippen LogP contribution in [0.15, 0.2) is 0 Å². The van der Waals surface area contributed by atoms with Crippen molar-refractivity contribution in [2.75, 3.05) is 7.11 Å². The lowest BCUT2D eigenvalue weighted by molar-refractivity contribution is -0.181. The van der Waals surface area contributed by atoms with Crippen molar-refractivity contribution in [3.05, 3.63) is 0 Å². The van der Waals surface area contributed by atoms with Crippen LogP contribution in [-0.2, 0) is 9.53 Å². The molecule has 0 amide bonds. The first-order chi connectivity index (χ1) is 7.54. The van der Waals surface area contributed by atoms with Gasteiger partial charge >= 0.3 is 5.97 Å². The lowest BCUT2D eigenvalue weighted by Gasteiger charge is -2.50. The highest BCUT2D eigenvalue weighted by atomic mass is 16.5. The third-order valence-electron chi connectivity index (χ3n) is 4.22. The van der Waals surface area contributed by atoms with Crippen molar-refractivity contribution in [2.24, 2.45) is 16.7 Å². The quantitative estimate of drug-likeness (QED) is 0.757. The van der Waals surface area contributed by atoms with Gasteiger partial charge in [-0.3, -0.25) is 4.79 Å². The molecule has 0 saturated heterocycles. The maximum absolute atomic E-state index is 11.9. The van der Waals surface area contributed by atoms with Gasteiger partial charge in [0.2, 0.25) is 0 Å². The van der Waals surface area contributed by atoms with Crippen molar-refractivity contribution < 1.29 is 14.6 Å². The standard InChI is InChI=1S/C14H26O3/c1-10-7-12(2,3)9-14(16,8-10)13(4,5)11(15)17-6/h10,16H,7-9H2,1-6H3. The first-order valence-corrected chi connectivity index (χ1v) is 6.35. The van der Waals surface area contributed by atoms with Crippen LogP contribution < -0.4 is 0 Å². The van der Waals surface area contributed by atoms with E-state index in [1.54, 1.807) is 13.8 Å². The molecule has 17 heavy (non-hydrogen) atoms. The minimum atomic E-state index is -0.971. The Kier molecular flexibility index (Phi) is 3.64. The van der Waals surface area contributed by atoms with Crippen LogP contribution in [0.4, 0.5) is 0 Å². The van der Waals surface area contributed by atoms with Gasteiger partial charge in [0.05, 0.1) is 18.1 Å². The highest BCUT2D eigenvalue weighted by molar-refractivity contribution is 5.77. The zero-order valence-corrected chi connectivity index (χ0v) is 12.0. The van der Waals surface area contributed by atoms with Crippen LogP contribution in [0.5, 0.6) is 0 Å². The lowest BCUT2D eigenvalue weighted by atomic mass is 9.58. The van der Waals surface area contributed by atoms with Crippen molar-refractivity contribution in [1.29, 1.82) is 0 Å². The molecule has 0 bridgehead atoms. The van der Waals surface area contributed by atoms with Gasteiger partial charge < -0.3 is 9.84 Å². The Hall–Kier alpha value is -0.570. The Bertz CT molecular complexity index is 307. The van der Waals surface area contributed by atoms with Gasteiger partial charge in [0, 0.05) is 0 Å². The molecule has 1 fully saturated rings. The lowest BCUT2D eigenvalue weighted by Crippen LogP contribution is -2.55. The largest absolute Gasteiger partial charge is 0.469 e. The molecule has 2 atom stereocenters. The Labute approximate surface area is 105 Å². The fraction of sp³-hybridized carbons (Fsp3) is 0.929. The number of aliphatic hydroxyl groups is 1. The smallest absolute Gasteiger partial charge is 0.314 e. The van der Waals surface area contributed by atoms with Crippen molar-refractivity contribution in [3.8, 4) is 0 Å². The number of carbonyl (C=O) groups is 1.